The molecule has 1 amide bonds. The van der Waals surface area contributed by atoms with Gasteiger partial charge in [0.1, 0.15) is 0 Å². The van der Waals surface area contributed by atoms with Crippen LogP contribution in [0.15, 0.2) is 45.9 Å². The van der Waals surface area contributed by atoms with Gasteiger partial charge in [0.05, 0.1) is 0 Å². The third-order valence-electron chi connectivity index (χ3n) is 3.02. The Morgan fingerprint density at radius 3 is 3.00 bits per heavy atom. The standard InChI is InChI=1S/C12H10BrN2O2S/c1-2-8-9-6-14-12(16)11(9)18(17)15-4-3-7(13)5-10(8)15/h3-6H,2H2,1H3,(H,14,16)/q-1. The van der Waals surface area contributed by atoms with E-state index in [4.69, 9.17) is 0 Å². The van der Waals surface area contributed by atoms with Crippen LogP contribution in [-0.2, 0) is 19.6 Å². The van der Waals surface area contributed by atoms with Gasteiger partial charge in [-0.3, -0.25) is 4.79 Å². The maximum atomic E-state index is 12.4. The predicted molar refractivity (Wildman–Crippen MR) is 74.6 cm³/mol. The van der Waals surface area contributed by atoms with Crippen molar-refractivity contribution >= 4 is 37.3 Å². The van der Waals surface area contributed by atoms with Crippen LogP contribution in [-0.4, -0.2) is 15.1 Å². The minimum absolute atomic E-state index is 0.268. The van der Waals surface area contributed by atoms with E-state index in [1.165, 1.54) is 0 Å². The van der Waals surface area contributed by atoms with E-state index in [9.17, 15) is 9.00 Å². The molecule has 0 saturated carbocycles. The number of fused-ring (bicyclic) bond motifs is 2. The first-order chi connectivity index (χ1) is 8.63. The molecule has 0 atom stereocenters. The molecular weight excluding hydrogens is 316 g/mol. The molecule has 0 aromatic heterocycles. The summed E-state index contributed by atoms with van der Waals surface area (Å²) < 4.78 is 15.0. The number of amides is 1. The van der Waals surface area contributed by atoms with Crippen molar-refractivity contribution in [2.75, 3.05) is 0 Å². The van der Waals surface area contributed by atoms with Crippen molar-refractivity contribution in [1.29, 1.82) is 0 Å². The fourth-order valence-electron chi connectivity index (χ4n) is 2.22. The molecular formula is C12H10BrN2O2S-. The first-order valence-corrected chi connectivity index (χ1v) is 7.42. The summed E-state index contributed by atoms with van der Waals surface area (Å²) >= 11 is 3.42. The van der Waals surface area contributed by atoms with Crippen molar-refractivity contribution in [2.45, 2.75) is 13.3 Å². The Kier molecular flexibility index (Phi) is 2.71. The van der Waals surface area contributed by atoms with Gasteiger partial charge in [-0.15, -0.1) is 0 Å². The smallest absolute Gasteiger partial charge is 0.233 e. The molecule has 3 aliphatic heterocycles. The van der Waals surface area contributed by atoms with Gasteiger partial charge < -0.3 is 13.8 Å². The number of halogens is 1. The van der Waals surface area contributed by atoms with Gasteiger partial charge in [-0.25, -0.2) is 0 Å². The van der Waals surface area contributed by atoms with Crippen LogP contribution in [0.2, 0.25) is 0 Å². The van der Waals surface area contributed by atoms with E-state index in [1.54, 1.807) is 16.7 Å². The highest BCUT2D eigenvalue weighted by molar-refractivity contribution is 9.11. The zero-order chi connectivity index (χ0) is 12.9. The summed E-state index contributed by atoms with van der Waals surface area (Å²) in [6.07, 6.45) is 7.91. The summed E-state index contributed by atoms with van der Waals surface area (Å²) in [5.41, 5.74) is 2.69. The van der Waals surface area contributed by atoms with Gasteiger partial charge in [0, 0.05) is 16.4 Å². The van der Waals surface area contributed by atoms with Gasteiger partial charge in [0.25, 0.3) is 0 Å². The number of nitrogens with zero attached hydrogens (tertiary/aromatic N) is 1. The molecule has 4 nitrogen and oxygen atoms in total. The van der Waals surface area contributed by atoms with Crippen molar-refractivity contribution in [3.63, 3.8) is 0 Å². The summed E-state index contributed by atoms with van der Waals surface area (Å²) in [6.45, 7) is 2.02. The lowest BCUT2D eigenvalue weighted by atomic mass is 9.99. The Hall–Kier alpha value is -1.27. The number of rotatable bonds is 1. The molecule has 0 aliphatic carbocycles. The molecule has 3 rings (SSSR count). The van der Waals surface area contributed by atoms with E-state index in [0.717, 1.165) is 27.7 Å². The van der Waals surface area contributed by atoms with Crippen LogP contribution in [0, 0.1) is 0 Å². The van der Waals surface area contributed by atoms with Gasteiger partial charge in [-0.1, -0.05) is 22.9 Å². The Balaban J connectivity index is 2.28. The van der Waals surface area contributed by atoms with E-state index in [0.29, 0.717) is 4.86 Å². The number of carbonyl (C=O) groups excluding carboxylic acids is 1. The highest BCUT2D eigenvalue weighted by atomic mass is 79.9. The first-order valence-electron chi connectivity index (χ1n) is 5.52. The van der Waals surface area contributed by atoms with Crippen LogP contribution in [0.4, 0.5) is 0 Å². The monoisotopic (exact) mass is 325 g/mol. The summed E-state index contributed by atoms with van der Waals surface area (Å²) in [7, 11) is -1.47. The van der Waals surface area contributed by atoms with E-state index in [1.807, 2.05) is 19.1 Å². The van der Waals surface area contributed by atoms with Crippen LogP contribution in [0.25, 0.3) is 0 Å². The Morgan fingerprint density at radius 1 is 1.50 bits per heavy atom. The van der Waals surface area contributed by atoms with Crippen LogP contribution in [0.1, 0.15) is 13.3 Å². The Bertz CT molecular complexity index is 664. The largest absolute Gasteiger partial charge is 0.441 e. The molecule has 6 heteroatoms. The van der Waals surface area contributed by atoms with Gasteiger partial charge in [-0.05, 0) is 40.8 Å². The maximum absolute atomic E-state index is 12.4. The normalized spacial score (nSPS) is 22.7. The van der Waals surface area contributed by atoms with Crippen molar-refractivity contribution in [2.24, 2.45) is 0 Å². The summed E-state index contributed by atoms with van der Waals surface area (Å²) in [6, 6.07) is 0. The van der Waals surface area contributed by atoms with E-state index in [2.05, 4.69) is 21.2 Å². The summed E-state index contributed by atoms with van der Waals surface area (Å²) in [5.74, 6) is -0.268. The highest BCUT2D eigenvalue weighted by Gasteiger charge is 2.27. The van der Waals surface area contributed by atoms with Crippen molar-refractivity contribution in [3.8, 4) is 0 Å². The van der Waals surface area contributed by atoms with Gasteiger partial charge >= 0.3 is 0 Å². The van der Waals surface area contributed by atoms with Crippen LogP contribution < -0.4 is 5.32 Å². The average molecular weight is 326 g/mol. The van der Waals surface area contributed by atoms with E-state index < -0.39 is 10.6 Å². The predicted octanol–water partition coefficient (Wildman–Crippen LogP) is 1.84. The SMILES string of the molecule is CCC1=C2C=C(Br)C=CN2[S-](=O)=C2C(=O)NC=C12. The second-order valence-electron chi connectivity index (χ2n) is 4.00. The molecule has 94 valence electrons. The molecule has 3 heterocycles. The fourth-order valence-corrected chi connectivity index (χ4v) is 3.86. The van der Waals surface area contributed by atoms with Crippen LogP contribution >= 0.6 is 15.9 Å². The van der Waals surface area contributed by atoms with Crippen molar-refractivity contribution in [1.82, 2.24) is 9.62 Å². The minimum atomic E-state index is -1.47. The number of hydrogen-bond acceptors (Lipinski definition) is 3. The average Bonchev–Trinajstić information content (AvgIpc) is 2.72. The molecule has 0 aromatic carbocycles. The van der Waals surface area contributed by atoms with Gasteiger partial charge in [0.2, 0.25) is 5.91 Å². The second kappa shape index (κ2) is 4.13. The van der Waals surface area contributed by atoms with Crippen LogP contribution in [0.3, 0.4) is 0 Å². The lowest BCUT2D eigenvalue weighted by Gasteiger charge is -2.37. The topological polar surface area (TPSA) is 49.4 Å². The highest BCUT2D eigenvalue weighted by Crippen LogP contribution is 2.34. The van der Waals surface area contributed by atoms with E-state index >= 15 is 0 Å². The zero-order valence-corrected chi connectivity index (χ0v) is 12.0. The Labute approximate surface area is 115 Å². The van der Waals surface area contributed by atoms with Crippen molar-refractivity contribution in [3.05, 3.63) is 45.9 Å². The van der Waals surface area contributed by atoms with E-state index in [-0.39, 0.29) is 5.91 Å². The molecule has 0 unspecified atom stereocenters. The lowest BCUT2D eigenvalue weighted by molar-refractivity contribution is -0.113. The third-order valence-corrected chi connectivity index (χ3v) is 4.94. The Morgan fingerprint density at radius 2 is 2.28 bits per heavy atom. The first kappa shape index (κ1) is 11.8. The molecule has 1 N–H and O–H groups in total. The summed E-state index contributed by atoms with van der Waals surface area (Å²) in [4.78, 5) is 12.1. The zero-order valence-electron chi connectivity index (χ0n) is 9.57. The molecule has 3 aliphatic rings. The number of carbonyl (C=O) groups is 1. The summed E-state index contributed by atoms with van der Waals surface area (Å²) in [5, 5.41) is 2.63. The molecule has 0 aromatic rings. The van der Waals surface area contributed by atoms with Crippen molar-refractivity contribution < 1.29 is 9.00 Å². The third kappa shape index (κ3) is 1.52. The minimum Gasteiger partial charge on any atom is -0.441 e. The molecule has 0 saturated heterocycles. The maximum Gasteiger partial charge on any atom is 0.233 e. The molecule has 0 spiro atoms. The number of hydrogen-bond donors (Lipinski definition) is 1. The fraction of sp³-hybridized carbons (Fsp3) is 0.167. The molecule has 0 radical (unpaired) electrons. The molecule has 18 heavy (non-hydrogen) atoms. The van der Waals surface area contributed by atoms with Crippen LogP contribution in [0.5, 0.6) is 0 Å². The quantitative estimate of drug-likeness (QED) is 0.590. The van der Waals surface area contributed by atoms with Gasteiger partial charge in [-0.2, -0.15) is 10.6 Å². The van der Waals surface area contributed by atoms with Gasteiger partial charge in [0.15, 0.2) is 0 Å². The number of allylic oxidation sites excluding steroid dienone is 4. The number of nitrogens with one attached hydrogen (secondary N) is 1. The molecule has 0 fully saturated rings. The lowest BCUT2D eigenvalue weighted by Crippen LogP contribution is -2.32. The second-order valence-corrected chi connectivity index (χ2v) is 6.21. The molecule has 0 bridgehead atoms.